The van der Waals surface area contributed by atoms with Crippen LogP contribution in [0.3, 0.4) is 0 Å². The van der Waals surface area contributed by atoms with Gasteiger partial charge in [-0.3, -0.25) is 4.79 Å². The normalized spacial score (nSPS) is 21.1. The molecule has 3 aromatic carbocycles. The van der Waals surface area contributed by atoms with Crippen LogP contribution in [-0.4, -0.2) is 34.0 Å². The molecule has 37 heavy (non-hydrogen) atoms. The second-order valence-corrected chi connectivity index (χ2v) is 11.4. The number of fused-ring (bicyclic) bond motifs is 3. The molecule has 4 aromatic rings. The van der Waals surface area contributed by atoms with Gasteiger partial charge in [0.1, 0.15) is 17.4 Å². The molecule has 2 atom stereocenters. The van der Waals surface area contributed by atoms with Crippen molar-refractivity contribution in [2.24, 2.45) is 0 Å². The Kier molecular flexibility index (Phi) is 6.68. The van der Waals surface area contributed by atoms with Gasteiger partial charge in [-0.2, -0.15) is 0 Å². The first-order chi connectivity index (χ1) is 18.0. The molecular weight excluding hydrogens is 480 g/mol. The summed E-state index contributed by atoms with van der Waals surface area (Å²) in [7, 11) is 0. The molecule has 2 saturated heterocycles. The first-order valence-electron chi connectivity index (χ1n) is 13.2. The number of thioether (sulfide) groups is 1. The van der Waals surface area contributed by atoms with Crippen LogP contribution < -0.4 is 4.74 Å². The maximum Gasteiger partial charge on any atom is 0.257 e. The van der Waals surface area contributed by atoms with Crippen molar-refractivity contribution in [2.75, 3.05) is 0 Å². The van der Waals surface area contributed by atoms with E-state index < -0.39 is 0 Å². The first-order valence-corrected chi connectivity index (χ1v) is 14.2. The highest BCUT2D eigenvalue weighted by atomic mass is 32.2. The zero-order valence-corrected chi connectivity index (χ0v) is 22.1. The molecule has 2 bridgehead atoms. The summed E-state index contributed by atoms with van der Waals surface area (Å²) in [5.74, 6) is 2.30. The number of oxazole rings is 1. The zero-order valence-electron chi connectivity index (χ0n) is 21.3. The maximum atomic E-state index is 13.5. The van der Waals surface area contributed by atoms with Crippen LogP contribution in [0, 0.1) is 0 Å². The number of rotatable bonds is 7. The van der Waals surface area contributed by atoms with E-state index in [1.807, 2.05) is 54.6 Å². The van der Waals surface area contributed by atoms with E-state index in [-0.39, 0.29) is 24.1 Å². The van der Waals surface area contributed by atoms with Gasteiger partial charge in [-0.25, -0.2) is 4.98 Å². The van der Waals surface area contributed by atoms with Crippen LogP contribution in [0.5, 0.6) is 5.75 Å². The highest BCUT2D eigenvalue weighted by molar-refractivity contribution is 7.98. The lowest BCUT2D eigenvalue weighted by Gasteiger charge is -2.39. The minimum Gasteiger partial charge on any atom is -0.490 e. The first kappa shape index (κ1) is 24.1. The smallest absolute Gasteiger partial charge is 0.257 e. The molecule has 0 aliphatic carbocycles. The third kappa shape index (κ3) is 4.99. The average molecular weight is 513 g/mol. The molecule has 0 saturated carbocycles. The van der Waals surface area contributed by atoms with E-state index in [4.69, 9.17) is 9.15 Å². The van der Waals surface area contributed by atoms with Gasteiger partial charge >= 0.3 is 0 Å². The van der Waals surface area contributed by atoms with E-state index in [0.717, 1.165) is 59.4 Å². The van der Waals surface area contributed by atoms with Crippen LogP contribution in [0.25, 0.3) is 11.1 Å². The van der Waals surface area contributed by atoms with Gasteiger partial charge in [0.05, 0.1) is 0 Å². The maximum absolute atomic E-state index is 13.5. The summed E-state index contributed by atoms with van der Waals surface area (Å²) in [6.07, 6.45) is 4.07. The monoisotopic (exact) mass is 512 g/mol. The molecule has 6 heteroatoms. The predicted molar refractivity (Wildman–Crippen MR) is 147 cm³/mol. The van der Waals surface area contributed by atoms with Gasteiger partial charge in [-0.15, -0.1) is 0 Å². The second-order valence-electron chi connectivity index (χ2n) is 10.4. The van der Waals surface area contributed by atoms with Crippen LogP contribution >= 0.6 is 11.8 Å². The number of aromatic nitrogens is 1. The molecule has 1 amide bonds. The fourth-order valence-electron chi connectivity index (χ4n) is 5.75. The summed E-state index contributed by atoms with van der Waals surface area (Å²) >= 11 is 1.57. The van der Waals surface area contributed by atoms with Crippen LogP contribution in [0.1, 0.15) is 66.9 Å². The molecule has 0 N–H and O–H groups in total. The van der Waals surface area contributed by atoms with Crippen LogP contribution in [-0.2, 0) is 5.75 Å². The van der Waals surface area contributed by atoms with Crippen molar-refractivity contribution in [1.29, 1.82) is 0 Å². The number of para-hydroxylation sites is 3. The van der Waals surface area contributed by atoms with Crippen LogP contribution in [0.2, 0.25) is 0 Å². The van der Waals surface area contributed by atoms with Gasteiger partial charge in [0.15, 0.2) is 5.58 Å². The minimum atomic E-state index is 0.145. The summed E-state index contributed by atoms with van der Waals surface area (Å²) in [5.41, 5.74) is 4.83. The standard InChI is InChI=1S/C31H32N2O3S/c1-20(2)26-7-3-5-9-28(26)35-25-17-23-15-16-24(18-25)33(23)30(34)22-13-11-21(12-14-22)19-37-31-32-27-8-4-6-10-29(27)36-31/h3-14,20,23-25H,15-19H2,1-2H3. The molecule has 3 heterocycles. The lowest BCUT2D eigenvalue weighted by atomic mass is 9.97. The van der Waals surface area contributed by atoms with Crippen molar-refractivity contribution in [3.05, 3.63) is 89.5 Å². The van der Waals surface area contributed by atoms with Crippen molar-refractivity contribution in [3.8, 4) is 5.75 Å². The summed E-state index contributed by atoms with van der Waals surface area (Å²) in [5, 5.41) is 0.666. The number of nitrogens with zero attached hydrogens (tertiary/aromatic N) is 2. The molecule has 0 radical (unpaired) electrons. The fourth-order valence-corrected chi connectivity index (χ4v) is 6.54. The second kappa shape index (κ2) is 10.3. The lowest BCUT2D eigenvalue weighted by molar-refractivity contribution is 0.0356. The van der Waals surface area contributed by atoms with Gasteiger partial charge in [0.2, 0.25) is 0 Å². The molecule has 6 rings (SSSR count). The highest BCUT2D eigenvalue weighted by Crippen LogP contribution is 2.39. The van der Waals surface area contributed by atoms with Crippen LogP contribution in [0.15, 0.2) is 82.4 Å². The molecular formula is C31H32N2O3S. The van der Waals surface area contributed by atoms with Crippen molar-refractivity contribution in [1.82, 2.24) is 9.88 Å². The van der Waals surface area contributed by atoms with Gasteiger partial charge < -0.3 is 14.1 Å². The molecule has 0 spiro atoms. The third-order valence-electron chi connectivity index (χ3n) is 7.60. The topological polar surface area (TPSA) is 55.6 Å². The molecule has 2 aliphatic heterocycles. The number of carbonyl (C=O) groups excluding carboxylic acids is 1. The summed E-state index contributed by atoms with van der Waals surface area (Å²) in [6, 6.07) is 24.7. The highest BCUT2D eigenvalue weighted by Gasteiger charge is 2.44. The minimum absolute atomic E-state index is 0.145. The van der Waals surface area contributed by atoms with E-state index >= 15 is 0 Å². The molecule has 190 valence electrons. The quantitative estimate of drug-likeness (QED) is 0.241. The van der Waals surface area contributed by atoms with Crippen molar-refractivity contribution >= 4 is 28.8 Å². The Morgan fingerprint density at radius 1 is 1.00 bits per heavy atom. The summed E-state index contributed by atoms with van der Waals surface area (Å²) < 4.78 is 12.3. The SMILES string of the molecule is CC(C)c1ccccc1OC1CC2CCC(C1)N2C(=O)c1ccc(CSc2nc3ccccc3o2)cc1. The zero-order chi connectivity index (χ0) is 25.4. The average Bonchev–Trinajstić information content (AvgIpc) is 3.45. The largest absolute Gasteiger partial charge is 0.490 e. The number of carbonyl (C=O) groups is 1. The van der Waals surface area contributed by atoms with E-state index in [2.05, 4.69) is 41.9 Å². The lowest BCUT2D eigenvalue weighted by Crippen LogP contribution is -2.49. The van der Waals surface area contributed by atoms with Gasteiger partial charge in [-0.1, -0.05) is 68.1 Å². The Bertz CT molecular complexity index is 1350. The molecule has 2 fully saturated rings. The Morgan fingerprint density at radius 2 is 1.70 bits per heavy atom. The summed E-state index contributed by atoms with van der Waals surface area (Å²) in [4.78, 5) is 20.2. The molecule has 2 unspecified atom stereocenters. The van der Waals surface area contributed by atoms with Gasteiger partial charge in [-0.05, 0) is 60.2 Å². The van der Waals surface area contributed by atoms with E-state index in [0.29, 0.717) is 11.1 Å². The van der Waals surface area contributed by atoms with E-state index in [1.165, 1.54) is 5.56 Å². The van der Waals surface area contributed by atoms with Crippen molar-refractivity contribution < 1.29 is 13.9 Å². The predicted octanol–water partition coefficient (Wildman–Crippen LogP) is 7.46. The van der Waals surface area contributed by atoms with E-state index in [1.54, 1.807) is 11.8 Å². The number of amides is 1. The Labute approximate surface area is 222 Å². The van der Waals surface area contributed by atoms with Crippen molar-refractivity contribution in [3.63, 3.8) is 0 Å². The molecule has 5 nitrogen and oxygen atoms in total. The molecule has 1 aromatic heterocycles. The number of ether oxygens (including phenoxy) is 1. The van der Waals surface area contributed by atoms with E-state index in [9.17, 15) is 4.79 Å². The Hall–Kier alpha value is -3.25. The molecule has 2 aliphatic rings. The Morgan fingerprint density at radius 3 is 2.43 bits per heavy atom. The Balaban J connectivity index is 1.08. The van der Waals surface area contributed by atoms with Crippen LogP contribution in [0.4, 0.5) is 0 Å². The van der Waals surface area contributed by atoms with Gasteiger partial charge in [0, 0.05) is 36.2 Å². The number of hydrogen-bond donors (Lipinski definition) is 0. The number of piperidine rings is 1. The number of benzene rings is 3. The fraction of sp³-hybridized carbons (Fsp3) is 0.355. The third-order valence-corrected chi connectivity index (χ3v) is 8.50. The number of hydrogen-bond acceptors (Lipinski definition) is 5. The van der Waals surface area contributed by atoms with Crippen molar-refractivity contribution in [2.45, 2.75) is 74.6 Å². The van der Waals surface area contributed by atoms with Gasteiger partial charge in [0.25, 0.3) is 11.1 Å². The summed E-state index contributed by atoms with van der Waals surface area (Å²) in [6.45, 7) is 4.40.